The summed E-state index contributed by atoms with van der Waals surface area (Å²) >= 11 is 0. The van der Waals surface area contributed by atoms with Crippen molar-refractivity contribution >= 4 is 17.4 Å². The van der Waals surface area contributed by atoms with Crippen molar-refractivity contribution in [1.29, 1.82) is 0 Å². The van der Waals surface area contributed by atoms with E-state index in [-0.39, 0.29) is 11.3 Å². The molecular formula is C28H34N2O6. The quantitative estimate of drug-likeness (QED) is 0.307. The molecule has 2 heterocycles. The smallest absolute Gasteiger partial charge is 0.295 e. The summed E-state index contributed by atoms with van der Waals surface area (Å²) in [5.41, 5.74) is 1.21. The molecular weight excluding hydrogens is 460 g/mol. The van der Waals surface area contributed by atoms with Gasteiger partial charge in [-0.05, 0) is 43.2 Å². The Bertz CT molecular complexity index is 1110. The van der Waals surface area contributed by atoms with Crippen LogP contribution in [-0.4, -0.2) is 79.2 Å². The van der Waals surface area contributed by atoms with Crippen LogP contribution >= 0.6 is 0 Å². The Morgan fingerprint density at radius 1 is 1.00 bits per heavy atom. The van der Waals surface area contributed by atoms with Gasteiger partial charge in [-0.25, -0.2) is 0 Å². The molecule has 1 unspecified atom stereocenters. The number of carbonyl (C=O) groups is 2. The summed E-state index contributed by atoms with van der Waals surface area (Å²) in [5.74, 6) is -0.286. The van der Waals surface area contributed by atoms with E-state index >= 15 is 0 Å². The van der Waals surface area contributed by atoms with Crippen molar-refractivity contribution in [3.8, 4) is 11.5 Å². The van der Waals surface area contributed by atoms with Gasteiger partial charge in [0.05, 0.1) is 38.0 Å². The lowest BCUT2D eigenvalue weighted by Gasteiger charge is -2.31. The molecule has 2 aliphatic heterocycles. The lowest BCUT2D eigenvalue weighted by Crippen LogP contribution is -2.42. The van der Waals surface area contributed by atoms with Crippen molar-refractivity contribution < 1.29 is 28.9 Å². The number of ketones is 1. The second kappa shape index (κ2) is 12.1. The molecule has 0 spiro atoms. The average Bonchev–Trinajstić information content (AvgIpc) is 3.16. The summed E-state index contributed by atoms with van der Waals surface area (Å²) < 4.78 is 16.8. The normalized spacial score (nSPS) is 20.1. The van der Waals surface area contributed by atoms with Gasteiger partial charge in [-0.1, -0.05) is 31.2 Å². The second-order valence-electron chi connectivity index (χ2n) is 8.83. The van der Waals surface area contributed by atoms with E-state index in [1.165, 1.54) is 0 Å². The molecule has 2 aromatic carbocycles. The standard InChI is InChI=1S/C28H34N2O6/c1-3-15-36-23-10-5-7-20(18-23)25-24(26(31)21-8-6-9-22(19-21)35-4-2)27(32)28(33)30(25)12-11-29-13-16-34-17-14-29/h5-10,18-19,25,31H,3-4,11-17H2,1-2H3/b26-24+. The lowest BCUT2D eigenvalue weighted by atomic mass is 9.95. The van der Waals surface area contributed by atoms with Crippen molar-refractivity contribution in [2.24, 2.45) is 0 Å². The zero-order valence-electron chi connectivity index (χ0n) is 20.9. The van der Waals surface area contributed by atoms with Crippen LogP contribution in [0, 0.1) is 0 Å². The van der Waals surface area contributed by atoms with Gasteiger partial charge < -0.3 is 24.2 Å². The molecule has 2 aliphatic rings. The third kappa shape index (κ3) is 5.71. The molecule has 2 fully saturated rings. The first-order valence-corrected chi connectivity index (χ1v) is 12.6. The lowest BCUT2D eigenvalue weighted by molar-refractivity contribution is -0.140. The molecule has 2 aromatic rings. The fraction of sp³-hybridized carbons (Fsp3) is 0.429. The van der Waals surface area contributed by atoms with Crippen LogP contribution in [-0.2, 0) is 14.3 Å². The molecule has 0 saturated carbocycles. The van der Waals surface area contributed by atoms with Gasteiger partial charge in [0.2, 0.25) is 0 Å². The average molecular weight is 495 g/mol. The first-order chi connectivity index (χ1) is 17.5. The van der Waals surface area contributed by atoms with Gasteiger partial charge in [-0.2, -0.15) is 0 Å². The second-order valence-corrected chi connectivity index (χ2v) is 8.83. The molecule has 2 saturated heterocycles. The molecule has 1 atom stereocenters. The molecule has 36 heavy (non-hydrogen) atoms. The Kier molecular flexibility index (Phi) is 8.61. The van der Waals surface area contributed by atoms with Crippen molar-refractivity contribution in [3.05, 3.63) is 65.2 Å². The van der Waals surface area contributed by atoms with Crippen LogP contribution in [0.1, 0.15) is 37.4 Å². The third-order valence-electron chi connectivity index (χ3n) is 6.37. The summed E-state index contributed by atoms with van der Waals surface area (Å²) in [4.78, 5) is 30.4. The van der Waals surface area contributed by atoms with E-state index in [0.29, 0.717) is 62.1 Å². The van der Waals surface area contributed by atoms with Crippen LogP contribution in [0.25, 0.3) is 5.76 Å². The van der Waals surface area contributed by atoms with Crippen LogP contribution in [0.15, 0.2) is 54.1 Å². The highest BCUT2D eigenvalue weighted by Crippen LogP contribution is 2.40. The van der Waals surface area contributed by atoms with E-state index < -0.39 is 17.7 Å². The van der Waals surface area contributed by atoms with Gasteiger partial charge >= 0.3 is 0 Å². The summed E-state index contributed by atoms with van der Waals surface area (Å²) in [6.45, 7) is 8.75. The molecule has 8 heteroatoms. The summed E-state index contributed by atoms with van der Waals surface area (Å²) in [7, 11) is 0. The molecule has 0 bridgehead atoms. The van der Waals surface area contributed by atoms with Gasteiger partial charge in [-0.3, -0.25) is 14.5 Å². The summed E-state index contributed by atoms with van der Waals surface area (Å²) in [5, 5.41) is 11.3. The van der Waals surface area contributed by atoms with E-state index in [2.05, 4.69) is 4.90 Å². The van der Waals surface area contributed by atoms with Crippen molar-refractivity contribution in [2.45, 2.75) is 26.3 Å². The number of hydrogen-bond donors (Lipinski definition) is 1. The molecule has 0 aliphatic carbocycles. The number of aliphatic hydroxyl groups is 1. The number of hydrogen-bond acceptors (Lipinski definition) is 7. The maximum atomic E-state index is 13.3. The number of benzene rings is 2. The Morgan fingerprint density at radius 3 is 2.44 bits per heavy atom. The third-order valence-corrected chi connectivity index (χ3v) is 6.37. The molecule has 192 valence electrons. The maximum absolute atomic E-state index is 13.3. The minimum Gasteiger partial charge on any atom is -0.507 e. The number of amides is 1. The number of rotatable bonds is 10. The molecule has 8 nitrogen and oxygen atoms in total. The van der Waals surface area contributed by atoms with Crippen molar-refractivity contribution in [3.63, 3.8) is 0 Å². The van der Waals surface area contributed by atoms with E-state index in [9.17, 15) is 14.7 Å². The van der Waals surface area contributed by atoms with E-state index in [1.807, 2.05) is 38.1 Å². The SMILES string of the molecule is CCCOc1cccc(C2/C(=C(\O)c3cccc(OCC)c3)C(=O)C(=O)N2CCN2CCOCC2)c1. The number of morpholine rings is 1. The van der Waals surface area contributed by atoms with E-state index in [1.54, 1.807) is 29.2 Å². The highest BCUT2D eigenvalue weighted by atomic mass is 16.5. The molecule has 0 aromatic heterocycles. The van der Waals surface area contributed by atoms with Gasteiger partial charge in [0, 0.05) is 31.7 Å². The van der Waals surface area contributed by atoms with Gasteiger partial charge in [0.15, 0.2) is 0 Å². The van der Waals surface area contributed by atoms with Crippen LogP contribution in [0.4, 0.5) is 0 Å². The Hall–Kier alpha value is -3.36. The Balaban J connectivity index is 1.74. The van der Waals surface area contributed by atoms with Crippen molar-refractivity contribution in [2.75, 3.05) is 52.6 Å². The Morgan fingerprint density at radius 2 is 1.72 bits per heavy atom. The van der Waals surface area contributed by atoms with Crippen molar-refractivity contribution in [1.82, 2.24) is 9.80 Å². The topological polar surface area (TPSA) is 88.5 Å². The van der Waals surface area contributed by atoms with Gasteiger partial charge in [-0.15, -0.1) is 0 Å². The number of ether oxygens (including phenoxy) is 3. The zero-order valence-corrected chi connectivity index (χ0v) is 20.9. The monoisotopic (exact) mass is 494 g/mol. The largest absolute Gasteiger partial charge is 0.507 e. The number of Topliss-reactive ketones (excluding diaryl/α,β-unsaturated/α-hetero) is 1. The minimum absolute atomic E-state index is 0.0725. The maximum Gasteiger partial charge on any atom is 0.295 e. The predicted octanol–water partition coefficient (Wildman–Crippen LogP) is 3.63. The molecule has 0 radical (unpaired) electrons. The van der Waals surface area contributed by atoms with Gasteiger partial charge in [0.25, 0.3) is 11.7 Å². The molecule has 1 N–H and O–H groups in total. The van der Waals surface area contributed by atoms with Crippen LogP contribution < -0.4 is 9.47 Å². The van der Waals surface area contributed by atoms with Crippen LogP contribution in [0.3, 0.4) is 0 Å². The molecule has 1 amide bonds. The predicted molar refractivity (Wildman–Crippen MR) is 136 cm³/mol. The number of aliphatic hydroxyl groups excluding tert-OH is 1. The highest BCUT2D eigenvalue weighted by Gasteiger charge is 2.46. The van der Waals surface area contributed by atoms with E-state index in [0.717, 1.165) is 19.5 Å². The number of likely N-dealkylation sites (tertiary alicyclic amines) is 1. The summed E-state index contributed by atoms with van der Waals surface area (Å²) in [6, 6.07) is 13.6. The first-order valence-electron chi connectivity index (χ1n) is 12.6. The highest BCUT2D eigenvalue weighted by molar-refractivity contribution is 6.46. The Labute approximate surface area is 212 Å². The summed E-state index contributed by atoms with van der Waals surface area (Å²) in [6.07, 6.45) is 0.860. The fourth-order valence-corrected chi connectivity index (χ4v) is 4.58. The first kappa shape index (κ1) is 25.7. The van der Waals surface area contributed by atoms with E-state index in [4.69, 9.17) is 14.2 Å². The minimum atomic E-state index is -0.730. The molecule has 4 rings (SSSR count). The van der Waals surface area contributed by atoms with Gasteiger partial charge in [0.1, 0.15) is 17.3 Å². The fourth-order valence-electron chi connectivity index (χ4n) is 4.58. The number of carbonyl (C=O) groups excluding carboxylic acids is 2. The number of nitrogens with zero attached hydrogens (tertiary/aromatic N) is 2. The van der Waals surface area contributed by atoms with Crippen LogP contribution in [0.2, 0.25) is 0 Å². The zero-order chi connectivity index (χ0) is 25.5. The van der Waals surface area contributed by atoms with Crippen LogP contribution in [0.5, 0.6) is 11.5 Å².